The normalized spacial score (nSPS) is 7.86. The molecule has 0 aliphatic rings. The highest BCUT2D eigenvalue weighted by molar-refractivity contribution is 5.85. The van der Waals surface area contributed by atoms with Crippen molar-refractivity contribution in [1.29, 1.82) is 5.41 Å². The summed E-state index contributed by atoms with van der Waals surface area (Å²) in [6.45, 7) is 3.41. The van der Waals surface area contributed by atoms with E-state index in [1.807, 2.05) is 0 Å². The molecule has 0 heterocycles. The topological polar surface area (TPSA) is 46.9 Å². The summed E-state index contributed by atoms with van der Waals surface area (Å²) in [5, 5.41) is 16.2. The van der Waals surface area contributed by atoms with Crippen LogP contribution in [-0.2, 0) is 0 Å². The second-order valence-corrected chi connectivity index (χ2v) is 1.52. The fourth-order valence-electron chi connectivity index (χ4n) is 0. The van der Waals surface area contributed by atoms with Crippen LogP contribution < -0.4 is 5.11 Å². The van der Waals surface area contributed by atoms with E-state index in [1.165, 1.54) is 0 Å². The Labute approximate surface area is 49.5 Å². The highest BCUT2D eigenvalue weighted by Crippen LogP contribution is 1.84. The molecule has 0 saturated heterocycles. The van der Waals surface area contributed by atoms with Crippen LogP contribution in [0.5, 0.6) is 0 Å². The van der Waals surface area contributed by atoms with Gasteiger partial charge >= 0.3 is 0 Å². The van der Waals surface area contributed by atoms with Gasteiger partial charge < -0.3 is 10.5 Å². The largest absolute Gasteiger partial charge is 0.862 e. The van der Waals surface area contributed by atoms with Crippen LogP contribution in [0.3, 0.4) is 0 Å². The fraction of sp³-hybridized carbons (Fsp3) is 0.750. The highest BCUT2D eigenvalue weighted by Gasteiger charge is 1.83. The third kappa shape index (κ3) is 5.76. The van der Waals surface area contributed by atoms with Gasteiger partial charge in [0.25, 0.3) is 0 Å². The van der Waals surface area contributed by atoms with Crippen molar-refractivity contribution in [3.8, 4) is 0 Å². The first-order valence-electron chi connectivity index (χ1n) is 1.90. The van der Waals surface area contributed by atoms with Crippen LogP contribution in [0, 0.1) is 11.3 Å². The molecule has 0 saturated carbocycles. The predicted octanol–water partition coefficient (Wildman–Crippen LogP) is 0.402. The van der Waals surface area contributed by atoms with Crippen molar-refractivity contribution in [3.05, 3.63) is 0 Å². The molecule has 0 aromatic carbocycles. The molecule has 0 amide bonds. The number of hydrogen-bond donors (Lipinski definition) is 1. The Morgan fingerprint density at radius 2 is 1.71 bits per heavy atom. The lowest BCUT2D eigenvalue weighted by Crippen LogP contribution is -2.21. The Bertz CT molecular complexity index is 62.7. The first kappa shape index (κ1) is 9.90. The number of halogens is 1. The van der Waals surface area contributed by atoms with E-state index in [1.54, 1.807) is 13.8 Å². The zero-order valence-electron chi connectivity index (χ0n) is 4.39. The van der Waals surface area contributed by atoms with Gasteiger partial charge in [-0.1, -0.05) is 13.8 Å². The minimum Gasteiger partial charge on any atom is -0.862 e. The molecule has 0 aliphatic heterocycles. The highest BCUT2D eigenvalue weighted by atomic mass is 35.5. The molecule has 3 heteroatoms. The van der Waals surface area contributed by atoms with Gasteiger partial charge in [-0.05, 0) is 11.8 Å². The Kier molecular flexibility index (Phi) is 5.56. The van der Waals surface area contributed by atoms with E-state index >= 15 is 0 Å². The van der Waals surface area contributed by atoms with Crippen LogP contribution in [0.4, 0.5) is 0 Å². The summed E-state index contributed by atoms with van der Waals surface area (Å²) < 4.78 is 0. The van der Waals surface area contributed by atoms with Gasteiger partial charge in [-0.25, -0.2) is 0 Å². The van der Waals surface area contributed by atoms with Gasteiger partial charge in [-0.3, -0.25) is 0 Å². The van der Waals surface area contributed by atoms with Gasteiger partial charge in [0.05, 0.1) is 0 Å². The fourth-order valence-corrected chi connectivity index (χ4v) is 0. The summed E-state index contributed by atoms with van der Waals surface area (Å²) in [7, 11) is 0. The van der Waals surface area contributed by atoms with Crippen molar-refractivity contribution in [2.45, 2.75) is 13.8 Å². The second kappa shape index (κ2) is 3.93. The smallest absolute Gasteiger partial charge is 0.0194 e. The van der Waals surface area contributed by atoms with Gasteiger partial charge in [-0.2, -0.15) is 0 Å². The van der Waals surface area contributed by atoms with Crippen molar-refractivity contribution >= 4 is 18.3 Å². The standard InChI is InChI=1S/C4H9NO.ClH/c1-3(2)4(5)6;/h3H,1-2H3,(H2,5,6);1H/p-1. The molecule has 0 aliphatic carbocycles. The molecule has 7 heavy (non-hydrogen) atoms. The molecule has 1 N–H and O–H groups in total. The first-order chi connectivity index (χ1) is 2.64. The average molecular weight is 123 g/mol. The predicted molar refractivity (Wildman–Crippen MR) is 29.8 cm³/mol. The molecule has 0 unspecified atom stereocenters. The van der Waals surface area contributed by atoms with Crippen LogP contribution in [0.1, 0.15) is 13.8 Å². The van der Waals surface area contributed by atoms with E-state index in [4.69, 9.17) is 5.41 Å². The van der Waals surface area contributed by atoms with E-state index in [-0.39, 0.29) is 18.3 Å². The van der Waals surface area contributed by atoms with E-state index in [0.717, 1.165) is 0 Å². The number of nitrogens with one attached hydrogen (secondary N) is 1. The molecule has 0 aromatic heterocycles. The zero-order valence-corrected chi connectivity index (χ0v) is 5.21. The van der Waals surface area contributed by atoms with E-state index < -0.39 is 5.90 Å². The molecular weight excluding hydrogens is 114 g/mol. The third-order valence-electron chi connectivity index (χ3n) is 0.524. The van der Waals surface area contributed by atoms with Crippen LogP contribution in [0.15, 0.2) is 0 Å². The molecule has 0 rings (SSSR count). The van der Waals surface area contributed by atoms with Crippen molar-refractivity contribution in [2.75, 3.05) is 0 Å². The Hall–Kier alpha value is -0.240. The summed E-state index contributed by atoms with van der Waals surface area (Å²) in [6, 6.07) is 0. The number of rotatable bonds is 1. The molecular formula is C4H9ClNO-. The summed E-state index contributed by atoms with van der Waals surface area (Å²) in [4.78, 5) is 0. The first-order valence-corrected chi connectivity index (χ1v) is 1.90. The molecule has 0 atom stereocenters. The average Bonchev–Trinajstić information content (AvgIpc) is 1.36. The van der Waals surface area contributed by atoms with Crippen LogP contribution >= 0.6 is 12.4 Å². The van der Waals surface area contributed by atoms with E-state index in [0.29, 0.717) is 0 Å². The lowest BCUT2D eigenvalue weighted by atomic mass is 10.2. The quantitative estimate of drug-likeness (QED) is 0.397. The molecule has 0 radical (unpaired) electrons. The lowest BCUT2D eigenvalue weighted by Gasteiger charge is -2.08. The van der Waals surface area contributed by atoms with Gasteiger partial charge in [0.2, 0.25) is 0 Å². The van der Waals surface area contributed by atoms with Crippen molar-refractivity contribution in [1.82, 2.24) is 0 Å². The zero-order chi connectivity index (χ0) is 5.15. The summed E-state index contributed by atoms with van der Waals surface area (Å²) in [5.41, 5.74) is 0. The van der Waals surface area contributed by atoms with Gasteiger partial charge in [0, 0.05) is 0 Å². The molecule has 0 spiro atoms. The van der Waals surface area contributed by atoms with Crippen LogP contribution in [0.2, 0.25) is 0 Å². The number of hydrogen-bond acceptors (Lipinski definition) is 2. The van der Waals surface area contributed by atoms with E-state index in [2.05, 4.69) is 0 Å². The van der Waals surface area contributed by atoms with Crippen molar-refractivity contribution < 1.29 is 5.11 Å². The van der Waals surface area contributed by atoms with Gasteiger partial charge in [0.1, 0.15) is 0 Å². The molecule has 0 fully saturated rings. The monoisotopic (exact) mass is 122 g/mol. The minimum absolute atomic E-state index is 0. The third-order valence-corrected chi connectivity index (χ3v) is 0.524. The molecule has 44 valence electrons. The Morgan fingerprint density at radius 1 is 1.57 bits per heavy atom. The second-order valence-electron chi connectivity index (χ2n) is 1.52. The maximum atomic E-state index is 9.81. The maximum absolute atomic E-state index is 9.81. The molecule has 2 nitrogen and oxygen atoms in total. The van der Waals surface area contributed by atoms with E-state index in [9.17, 15) is 5.11 Å². The summed E-state index contributed by atoms with van der Waals surface area (Å²) in [5.74, 6) is -0.611. The summed E-state index contributed by atoms with van der Waals surface area (Å²) in [6.07, 6.45) is 0. The Balaban J connectivity index is 0. The van der Waals surface area contributed by atoms with Gasteiger partial charge in [-0.15, -0.1) is 12.4 Å². The van der Waals surface area contributed by atoms with Gasteiger partial charge in [0.15, 0.2) is 0 Å². The van der Waals surface area contributed by atoms with Crippen LogP contribution in [-0.4, -0.2) is 5.90 Å². The summed E-state index contributed by atoms with van der Waals surface area (Å²) >= 11 is 0. The van der Waals surface area contributed by atoms with Crippen LogP contribution in [0.25, 0.3) is 0 Å². The minimum atomic E-state index is -0.491. The molecule has 0 bridgehead atoms. The SMILES string of the molecule is CC(C)C(=N)[O-].Cl. The van der Waals surface area contributed by atoms with Crippen molar-refractivity contribution in [2.24, 2.45) is 5.92 Å². The molecule has 0 aromatic rings. The van der Waals surface area contributed by atoms with Crippen molar-refractivity contribution in [3.63, 3.8) is 0 Å². The Morgan fingerprint density at radius 3 is 1.71 bits per heavy atom. The lowest BCUT2D eigenvalue weighted by molar-refractivity contribution is -0.224. The maximum Gasteiger partial charge on any atom is -0.0194 e.